The molecule has 1 aromatic carbocycles. The van der Waals surface area contributed by atoms with Gasteiger partial charge in [0, 0.05) is 16.4 Å². The van der Waals surface area contributed by atoms with E-state index in [1.807, 2.05) is 0 Å². The number of nitrogens with one attached hydrogen (secondary N) is 1. The van der Waals surface area contributed by atoms with Gasteiger partial charge in [0.25, 0.3) is 0 Å². The zero-order valence-electron chi connectivity index (χ0n) is 9.82. The number of carbonyl (C=O) groups is 1. The maximum absolute atomic E-state index is 11.1. The van der Waals surface area contributed by atoms with Crippen LogP contribution >= 0.6 is 27.5 Å². The van der Waals surface area contributed by atoms with Crippen molar-refractivity contribution >= 4 is 45.0 Å². The normalized spacial score (nSPS) is 10.3. The Morgan fingerprint density at radius 1 is 1.47 bits per heavy atom. The maximum atomic E-state index is 11.1. The molecule has 0 saturated carbocycles. The number of aromatic nitrogens is 2. The lowest BCUT2D eigenvalue weighted by atomic mass is 10.2. The number of anilines is 2. The Morgan fingerprint density at radius 3 is 2.84 bits per heavy atom. The van der Waals surface area contributed by atoms with Crippen molar-refractivity contribution in [2.45, 2.75) is 6.92 Å². The Hall–Kier alpha value is -1.66. The first-order valence-electron chi connectivity index (χ1n) is 5.26. The molecule has 7 heteroatoms. The number of halogens is 2. The number of carboxylic acid groups (broad SMARTS) is 1. The first kappa shape index (κ1) is 13.8. The van der Waals surface area contributed by atoms with Gasteiger partial charge in [-0.1, -0.05) is 11.6 Å². The van der Waals surface area contributed by atoms with Crippen molar-refractivity contribution in [2.75, 3.05) is 5.32 Å². The molecule has 1 heterocycles. The van der Waals surface area contributed by atoms with Crippen LogP contribution in [0.2, 0.25) is 5.02 Å². The Labute approximate surface area is 122 Å². The summed E-state index contributed by atoms with van der Waals surface area (Å²) in [7, 11) is 0. The summed E-state index contributed by atoms with van der Waals surface area (Å²) in [6.45, 7) is 1.69. The molecule has 0 amide bonds. The van der Waals surface area contributed by atoms with Gasteiger partial charge in [0.1, 0.15) is 17.2 Å². The van der Waals surface area contributed by atoms with Gasteiger partial charge in [-0.25, -0.2) is 14.8 Å². The van der Waals surface area contributed by atoms with Crippen LogP contribution in [0.3, 0.4) is 0 Å². The lowest BCUT2D eigenvalue weighted by Gasteiger charge is -2.09. The van der Waals surface area contributed by atoms with Gasteiger partial charge < -0.3 is 10.4 Å². The van der Waals surface area contributed by atoms with E-state index in [1.54, 1.807) is 25.1 Å². The molecule has 0 atom stereocenters. The van der Waals surface area contributed by atoms with E-state index in [4.69, 9.17) is 16.7 Å². The highest BCUT2D eigenvalue weighted by atomic mass is 79.9. The molecule has 0 aliphatic rings. The second-order valence-electron chi connectivity index (χ2n) is 3.74. The first-order valence-corrected chi connectivity index (χ1v) is 6.43. The molecule has 1 aromatic heterocycles. The number of carboxylic acids is 1. The van der Waals surface area contributed by atoms with Gasteiger partial charge in [0.2, 0.25) is 0 Å². The maximum Gasteiger partial charge on any atom is 0.341 e. The number of aryl methyl sites for hydroxylation is 1. The first-order chi connectivity index (χ1) is 8.97. The molecule has 0 spiro atoms. The SMILES string of the molecule is Cc1ncc(C(=O)O)c(Nc2ccc(Br)c(Cl)c2)n1. The highest BCUT2D eigenvalue weighted by molar-refractivity contribution is 9.10. The van der Waals surface area contributed by atoms with Crippen LogP contribution in [-0.4, -0.2) is 21.0 Å². The number of hydrogen-bond donors (Lipinski definition) is 2. The molecule has 0 aliphatic heterocycles. The standard InChI is InChI=1S/C12H9BrClN3O2/c1-6-15-5-8(12(18)19)11(16-6)17-7-2-3-9(13)10(14)4-7/h2-5H,1H3,(H,18,19)(H,15,16,17). The fourth-order valence-electron chi connectivity index (χ4n) is 1.43. The molecule has 19 heavy (non-hydrogen) atoms. The van der Waals surface area contributed by atoms with Crippen molar-refractivity contribution in [1.82, 2.24) is 9.97 Å². The van der Waals surface area contributed by atoms with Crippen LogP contribution < -0.4 is 5.32 Å². The summed E-state index contributed by atoms with van der Waals surface area (Å²) in [5, 5.41) is 12.5. The smallest absolute Gasteiger partial charge is 0.341 e. The molecule has 0 fully saturated rings. The van der Waals surface area contributed by atoms with Crippen molar-refractivity contribution in [3.63, 3.8) is 0 Å². The third-order valence-corrected chi connectivity index (χ3v) is 3.55. The molecule has 0 unspecified atom stereocenters. The van der Waals surface area contributed by atoms with Crippen molar-refractivity contribution in [3.8, 4) is 0 Å². The summed E-state index contributed by atoms with van der Waals surface area (Å²) in [6.07, 6.45) is 1.27. The summed E-state index contributed by atoms with van der Waals surface area (Å²) in [4.78, 5) is 19.0. The van der Waals surface area contributed by atoms with E-state index < -0.39 is 5.97 Å². The predicted molar refractivity (Wildman–Crippen MR) is 76.2 cm³/mol. The van der Waals surface area contributed by atoms with Crippen LogP contribution in [0.15, 0.2) is 28.9 Å². The minimum absolute atomic E-state index is 0.00430. The highest BCUT2D eigenvalue weighted by Gasteiger charge is 2.13. The van der Waals surface area contributed by atoms with Gasteiger partial charge in [-0.3, -0.25) is 0 Å². The minimum Gasteiger partial charge on any atom is -0.477 e. The summed E-state index contributed by atoms with van der Waals surface area (Å²) >= 11 is 9.26. The van der Waals surface area contributed by atoms with Gasteiger partial charge >= 0.3 is 5.97 Å². The predicted octanol–water partition coefficient (Wildman–Crippen LogP) is 3.64. The fourth-order valence-corrected chi connectivity index (χ4v) is 1.86. The lowest BCUT2D eigenvalue weighted by molar-refractivity contribution is 0.0697. The molecule has 2 rings (SSSR count). The van der Waals surface area contributed by atoms with Crippen molar-refractivity contribution < 1.29 is 9.90 Å². The van der Waals surface area contributed by atoms with Gasteiger partial charge in [0.15, 0.2) is 0 Å². The van der Waals surface area contributed by atoms with E-state index >= 15 is 0 Å². The van der Waals surface area contributed by atoms with Crippen LogP contribution in [0.1, 0.15) is 16.2 Å². The average Bonchev–Trinajstić information content (AvgIpc) is 2.33. The third-order valence-electron chi connectivity index (χ3n) is 2.32. The summed E-state index contributed by atoms with van der Waals surface area (Å²) in [6, 6.07) is 5.20. The van der Waals surface area contributed by atoms with E-state index in [1.165, 1.54) is 6.20 Å². The Kier molecular flexibility index (Phi) is 4.01. The topological polar surface area (TPSA) is 75.1 Å². The zero-order valence-corrected chi connectivity index (χ0v) is 12.2. The van der Waals surface area contributed by atoms with E-state index in [2.05, 4.69) is 31.2 Å². The molecule has 0 aliphatic carbocycles. The van der Waals surface area contributed by atoms with E-state index in [9.17, 15) is 4.79 Å². The van der Waals surface area contributed by atoms with Gasteiger partial charge in [-0.2, -0.15) is 0 Å². The molecule has 2 aromatic rings. The summed E-state index contributed by atoms with van der Waals surface area (Å²) in [5.74, 6) is -0.375. The third kappa shape index (κ3) is 3.21. The van der Waals surface area contributed by atoms with Gasteiger partial charge in [0.05, 0.1) is 5.02 Å². The van der Waals surface area contributed by atoms with E-state index in [-0.39, 0.29) is 11.4 Å². The van der Waals surface area contributed by atoms with Crippen molar-refractivity contribution in [2.24, 2.45) is 0 Å². The number of rotatable bonds is 3. The highest BCUT2D eigenvalue weighted by Crippen LogP contribution is 2.27. The molecule has 98 valence electrons. The number of benzene rings is 1. The lowest BCUT2D eigenvalue weighted by Crippen LogP contribution is -2.07. The quantitative estimate of drug-likeness (QED) is 0.890. The number of hydrogen-bond acceptors (Lipinski definition) is 4. The molecule has 0 saturated heterocycles. The van der Waals surface area contributed by atoms with Gasteiger partial charge in [-0.15, -0.1) is 0 Å². The number of nitrogens with zero attached hydrogens (tertiary/aromatic N) is 2. The minimum atomic E-state index is -1.09. The Bertz CT molecular complexity index is 649. The molecular formula is C12H9BrClN3O2. The second-order valence-corrected chi connectivity index (χ2v) is 5.00. The van der Waals surface area contributed by atoms with Crippen LogP contribution in [-0.2, 0) is 0 Å². The zero-order chi connectivity index (χ0) is 14.0. The van der Waals surface area contributed by atoms with Crippen LogP contribution in [0, 0.1) is 6.92 Å². The fraction of sp³-hybridized carbons (Fsp3) is 0.0833. The molecule has 2 N–H and O–H groups in total. The Morgan fingerprint density at radius 2 is 2.21 bits per heavy atom. The molecule has 5 nitrogen and oxygen atoms in total. The van der Waals surface area contributed by atoms with Crippen LogP contribution in [0.25, 0.3) is 0 Å². The van der Waals surface area contributed by atoms with Crippen LogP contribution in [0.5, 0.6) is 0 Å². The molecular weight excluding hydrogens is 334 g/mol. The van der Waals surface area contributed by atoms with E-state index in [0.29, 0.717) is 16.5 Å². The summed E-state index contributed by atoms with van der Waals surface area (Å²) in [5.41, 5.74) is 0.651. The van der Waals surface area contributed by atoms with Gasteiger partial charge in [-0.05, 0) is 41.1 Å². The monoisotopic (exact) mass is 341 g/mol. The van der Waals surface area contributed by atoms with Crippen LogP contribution in [0.4, 0.5) is 11.5 Å². The average molecular weight is 343 g/mol. The second kappa shape index (κ2) is 5.54. The van der Waals surface area contributed by atoms with E-state index in [0.717, 1.165) is 4.47 Å². The number of aromatic carboxylic acids is 1. The molecule has 0 radical (unpaired) electrons. The van der Waals surface area contributed by atoms with Crippen molar-refractivity contribution in [1.29, 1.82) is 0 Å². The largest absolute Gasteiger partial charge is 0.477 e. The Balaban J connectivity index is 2.39. The summed E-state index contributed by atoms with van der Waals surface area (Å²) < 4.78 is 0.761. The molecule has 0 bridgehead atoms. The van der Waals surface area contributed by atoms with Crippen molar-refractivity contribution in [3.05, 3.63) is 45.3 Å².